The second-order valence-corrected chi connectivity index (χ2v) is 8.44. The molecule has 1 saturated heterocycles. The number of nitrogens with one attached hydrogen (secondary N) is 1. The molecule has 1 fully saturated rings. The molecule has 0 unspecified atom stereocenters. The third kappa shape index (κ3) is 5.63. The number of benzene rings is 1. The van der Waals surface area contributed by atoms with Crippen molar-refractivity contribution in [1.82, 2.24) is 24.4 Å². The Balaban J connectivity index is 1.61. The van der Waals surface area contributed by atoms with Crippen molar-refractivity contribution in [3.8, 4) is 11.4 Å². The van der Waals surface area contributed by atoms with E-state index in [1.165, 1.54) is 0 Å². The first-order valence-corrected chi connectivity index (χ1v) is 11.6. The van der Waals surface area contributed by atoms with E-state index in [-0.39, 0.29) is 42.1 Å². The largest absolute Gasteiger partial charge is 0.395 e. The van der Waals surface area contributed by atoms with Crippen molar-refractivity contribution in [1.29, 1.82) is 0 Å². The lowest BCUT2D eigenvalue weighted by Gasteiger charge is -2.26. The third-order valence-corrected chi connectivity index (χ3v) is 6.16. The number of aryl methyl sites for hydroxylation is 1. The number of hydrogen-bond acceptors (Lipinski definition) is 7. The van der Waals surface area contributed by atoms with E-state index in [2.05, 4.69) is 20.3 Å². The predicted molar refractivity (Wildman–Crippen MR) is 125 cm³/mol. The Labute approximate surface area is 201 Å². The highest BCUT2D eigenvalue weighted by atomic mass is 19.1. The van der Waals surface area contributed by atoms with Crippen LogP contribution in [-0.2, 0) is 11.3 Å². The molecule has 0 bridgehead atoms. The van der Waals surface area contributed by atoms with Crippen LogP contribution in [0.1, 0.15) is 37.2 Å². The lowest BCUT2D eigenvalue weighted by molar-refractivity contribution is 0.0694. The van der Waals surface area contributed by atoms with Gasteiger partial charge in [0.05, 0.1) is 30.4 Å². The Morgan fingerprint density at radius 1 is 1.11 bits per heavy atom. The standard InChI is InChI=1S/C24H29F3N6O2/c1-3-32(6-7-34)14-16-10-19(26)21(11-18(16)25)30-24-29-12-20(27)23(31-24)22-13-28-15(2)33(22)17-4-8-35-9-5-17/h10-13,17,34H,3-9,14H2,1-2H3,(H,29,30,31). The number of nitrogens with zero attached hydrogens (tertiary/aromatic N) is 5. The van der Waals surface area contributed by atoms with Gasteiger partial charge >= 0.3 is 0 Å². The number of aliphatic hydroxyl groups is 1. The van der Waals surface area contributed by atoms with Gasteiger partial charge in [-0.2, -0.15) is 0 Å². The molecule has 0 spiro atoms. The zero-order valence-electron chi connectivity index (χ0n) is 19.8. The molecule has 1 aromatic carbocycles. The van der Waals surface area contributed by atoms with E-state index < -0.39 is 17.5 Å². The van der Waals surface area contributed by atoms with Gasteiger partial charge in [-0.25, -0.2) is 28.1 Å². The van der Waals surface area contributed by atoms with Gasteiger partial charge in [-0.3, -0.25) is 4.90 Å². The van der Waals surface area contributed by atoms with Crippen molar-refractivity contribution < 1.29 is 23.0 Å². The van der Waals surface area contributed by atoms with Crippen LogP contribution < -0.4 is 5.32 Å². The predicted octanol–water partition coefficient (Wildman–Crippen LogP) is 3.98. The summed E-state index contributed by atoms with van der Waals surface area (Å²) in [5.74, 6) is -1.29. The first-order valence-electron chi connectivity index (χ1n) is 11.6. The summed E-state index contributed by atoms with van der Waals surface area (Å²) >= 11 is 0. The average molecular weight is 491 g/mol. The molecule has 0 radical (unpaired) electrons. The Kier molecular flexibility index (Phi) is 7.99. The van der Waals surface area contributed by atoms with Crippen LogP contribution in [0.4, 0.5) is 24.8 Å². The summed E-state index contributed by atoms with van der Waals surface area (Å²) in [5, 5.41) is 11.8. The Hall–Kier alpha value is -3.02. The van der Waals surface area contributed by atoms with Crippen LogP contribution in [0.25, 0.3) is 11.4 Å². The lowest BCUT2D eigenvalue weighted by atomic mass is 10.1. The molecule has 1 aliphatic heterocycles. The fourth-order valence-corrected chi connectivity index (χ4v) is 4.30. The molecule has 8 nitrogen and oxygen atoms in total. The summed E-state index contributed by atoms with van der Waals surface area (Å²) in [4.78, 5) is 14.3. The number of aliphatic hydroxyl groups excluding tert-OH is 1. The van der Waals surface area contributed by atoms with Gasteiger partial charge in [0.1, 0.15) is 23.2 Å². The first kappa shape index (κ1) is 25.1. The van der Waals surface area contributed by atoms with E-state index in [4.69, 9.17) is 9.84 Å². The number of aromatic nitrogens is 4. The summed E-state index contributed by atoms with van der Waals surface area (Å²) in [6.45, 7) is 5.96. The Morgan fingerprint density at radius 2 is 1.89 bits per heavy atom. The molecule has 0 amide bonds. The second-order valence-electron chi connectivity index (χ2n) is 8.44. The zero-order chi connectivity index (χ0) is 24.9. The average Bonchev–Trinajstić information content (AvgIpc) is 3.24. The summed E-state index contributed by atoms with van der Waals surface area (Å²) in [5.41, 5.74) is 0.514. The summed E-state index contributed by atoms with van der Waals surface area (Å²) in [6, 6.07) is 2.23. The molecule has 3 aromatic rings. The van der Waals surface area contributed by atoms with Crippen LogP contribution in [0.2, 0.25) is 0 Å². The minimum Gasteiger partial charge on any atom is -0.395 e. The maximum atomic E-state index is 14.8. The van der Waals surface area contributed by atoms with Crippen molar-refractivity contribution in [2.45, 2.75) is 39.3 Å². The third-order valence-electron chi connectivity index (χ3n) is 6.16. The van der Waals surface area contributed by atoms with Crippen LogP contribution in [-0.4, -0.2) is 62.4 Å². The Morgan fingerprint density at radius 3 is 2.60 bits per heavy atom. The van der Waals surface area contributed by atoms with Gasteiger partial charge < -0.3 is 19.7 Å². The van der Waals surface area contributed by atoms with Gasteiger partial charge in [-0.05, 0) is 32.4 Å². The van der Waals surface area contributed by atoms with E-state index in [1.807, 2.05) is 18.4 Å². The summed E-state index contributed by atoms with van der Waals surface area (Å²) < 4.78 is 51.7. The molecule has 2 aromatic heterocycles. The molecule has 3 heterocycles. The number of imidazole rings is 1. The highest BCUT2D eigenvalue weighted by Gasteiger charge is 2.24. The molecule has 188 valence electrons. The van der Waals surface area contributed by atoms with Crippen molar-refractivity contribution in [3.05, 3.63) is 53.4 Å². The van der Waals surface area contributed by atoms with E-state index in [0.29, 0.717) is 32.0 Å². The molecule has 0 saturated carbocycles. The van der Waals surface area contributed by atoms with Gasteiger partial charge in [0.15, 0.2) is 5.82 Å². The SMILES string of the molecule is CCN(CCO)Cc1cc(F)c(Nc2ncc(F)c(-c3cnc(C)n3C3CCOCC3)n2)cc1F. The van der Waals surface area contributed by atoms with Gasteiger partial charge in [0, 0.05) is 44.0 Å². The zero-order valence-corrected chi connectivity index (χ0v) is 19.8. The fraction of sp³-hybridized carbons (Fsp3) is 0.458. The van der Waals surface area contributed by atoms with E-state index in [1.54, 1.807) is 11.1 Å². The maximum Gasteiger partial charge on any atom is 0.228 e. The topological polar surface area (TPSA) is 88.3 Å². The minimum absolute atomic E-state index is 0.0229. The molecular formula is C24H29F3N6O2. The molecule has 4 rings (SSSR count). The summed E-state index contributed by atoms with van der Waals surface area (Å²) in [7, 11) is 0. The van der Waals surface area contributed by atoms with Crippen molar-refractivity contribution >= 4 is 11.6 Å². The first-order chi connectivity index (χ1) is 16.9. The number of hydrogen-bond donors (Lipinski definition) is 2. The molecular weight excluding hydrogens is 461 g/mol. The van der Waals surface area contributed by atoms with Gasteiger partial charge in [-0.15, -0.1) is 0 Å². The minimum atomic E-state index is -0.695. The molecule has 35 heavy (non-hydrogen) atoms. The Bertz CT molecular complexity index is 1170. The number of likely N-dealkylation sites (N-methyl/N-ethyl adjacent to an activating group) is 1. The highest BCUT2D eigenvalue weighted by Crippen LogP contribution is 2.31. The van der Waals surface area contributed by atoms with Crippen molar-refractivity contribution in [2.75, 3.05) is 38.2 Å². The van der Waals surface area contributed by atoms with Crippen LogP contribution in [0, 0.1) is 24.4 Å². The molecule has 1 aliphatic rings. The van der Waals surface area contributed by atoms with E-state index >= 15 is 0 Å². The highest BCUT2D eigenvalue weighted by molar-refractivity contribution is 5.60. The number of ether oxygens (including phenoxy) is 1. The van der Waals surface area contributed by atoms with E-state index in [9.17, 15) is 13.2 Å². The summed E-state index contributed by atoms with van der Waals surface area (Å²) in [6.07, 6.45) is 4.10. The maximum absolute atomic E-state index is 14.8. The fourth-order valence-electron chi connectivity index (χ4n) is 4.30. The molecule has 11 heteroatoms. The van der Waals surface area contributed by atoms with Gasteiger partial charge in [-0.1, -0.05) is 6.92 Å². The van der Waals surface area contributed by atoms with Crippen LogP contribution in [0.15, 0.2) is 24.5 Å². The molecule has 0 atom stereocenters. The lowest BCUT2D eigenvalue weighted by Crippen LogP contribution is -2.26. The van der Waals surface area contributed by atoms with Crippen LogP contribution in [0.3, 0.4) is 0 Å². The molecule has 2 N–H and O–H groups in total. The van der Waals surface area contributed by atoms with E-state index in [0.717, 1.165) is 37.0 Å². The quantitative estimate of drug-likeness (QED) is 0.469. The van der Waals surface area contributed by atoms with Crippen molar-refractivity contribution in [2.24, 2.45) is 0 Å². The smallest absolute Gasteiger partial charge is 0.228 e. The normalized spacial score (nSPS) is 14.6. The number of rotatable bonds is 9. The molecule has 0 aliphatic carbocycles. The van der Waals surface area contributed by atoms with Crippen molar-refractivity contribution in [3.63, 3.8) is 0 Å². The second kappa shape index (κ2) is 11.1. The number of halogens is 3. The monoisotopic (exact) mass is 490 g/mol. The van der Waals surface area contributed by atoms with Crippen LogP contribution in [0.5, 0.6) is 0 Å². The van der Waals surface area contributed by atoms with Gasteiger partial charge in [0.2, 0.25) is 5.95 Å². The van der Waals surface area contributed by atoms with Gasteiger partial charge in [0.25, 0.3) is 0 Å². The number of anilines is 2. The van der Waals surface area contributed by atoms with Crippen LogP contribution >= 0.6 is 0 Å².